The molecule has 2 heteroatoms. The van der Waals surface area contributed by atoms with Gasteiger partial charge in [-0.1, -0.05) is 20.8 Å². The van der Waals surface area contributed by atoms with E-state index in [9.17, 15) is 4.79 Å². The van der Waals surface area contributed by atoms with Gasteiger partial charge in [-0.2, -0.15) is 0 Å². The van der Waals surface area contributed by atoms with Crippen LogP contribution in [0.2, 0.25) is 0 Å². The van der Waals surface area contributed by atoms with Crippen LogP contribution in [0.3, 0.4) is 0 Å². The van der Waals surface area contributed by atoms with Crippen molar-refractivity contribution in [1.29, 1.82) is 0 Å². The number of carbonyl (C=O) groups is 1. The van der Waals surface area contributed by atoms with Gasteiger partial charge in [0.25, 0.3) is 0 Å². The van der Waals surface area contributed by atoms with E-state index in [0.29, 0.717) is 5.92 Å². The van der Waals surface area contributed by atoms with Crippen molar-refractivity contribution in [2.24, 2.45) is 11.8 Å². The third kappa shape index (κ3) is 5.16. The Morgan fingerprint density at radius 1 is 1.17 bits per heavy atom. The Balaban J connectivity index is 3.77. The van der Waals surface area contributed by atoms with Gasteiger partial charge >= 0.3 is 0 Å². The van der Waals surface area contributed by atoms with Gasteiger partial charge in [0, 0.05) is 12.0 Å². The summed E-state index contributed by atoms with van der Waals surface area (Å²) < 4.78 is 0. The van der Waals surface area contributed by atoms with E-state index in [0.717, 1.165) is 6.42 Å². The van der Waals surface area contributed by atoms with Crippen molar-refractivity contribution < 1.29 is 4.79 Å². The maximum atomic E-state index is 11.4. The van der Waals surface area contributed by atoms with Crippen molar-refractivity contribution in [3.8, 4) is 0 Å². The van der Waals surface area contributed by atoms with Crippen LogP contribution >= 0.6 is 0 Å². The predicted molar refractivity (Wildman–Crippen MR) is 51.9 cm³/mol. The monoisotopic (exact) mass is 171 g/mol. The molecule has 0 unspecified atom stereocenters. The lowest BCUT2D eigenvalue weighted by molar-refractivity contribution is -0.125. The van der Waals surface area contributed by atoms with E-state index in [1.807, 2.05) is 20.8 Å². The summed E-state index contributed by atoms with van der Waals surface area (Å²) in [5, 5.41) is 2.91. The van der Waals surface area contributed by atoms with E-state index in [1.54, 1.807) is 0 Å². The van der Waals surface area contributed by atoms with Crippen LogP contribution in [-0.2, 0) is 4.79 Å². The Bertz CT molecular complexity index is 141. The fourth-order valence-corrected chi connectivity index (χ4v) is 1.24. The average molecular weight is 171 g/mol. The molecule has 12 heavy (non-hydrogen) atoms. The predicted octanol–water partition coefficient (Wildman–Crippen LogP) is 2.19. The molecule has 72 valence electrons. The standard InChI is InChI=1S/C10H21NO/c1-7(2)6-9(5)10(12)11-8(3)4/h7-9H,6H2,1-5H3,(H,11,12)/t9-/m0/s1. The molecule has 0 heterocycles. The van der Waals surface area contributed by atoms with Crippen LogP contribution in [0.15, 0.2) is 0 Å². The van der Waals surface area contributed by atoms with Gasteiger partial charge in [-0.25, -0.2) is 0 Å². The zero-order valence-electron chi connectivity index (χ0n) is 8.85. The Morgan fingerprint density at radius 3 is 2.00 bits per heavy atom. The zero-order chi connectivity index (χ0) is 9.72. The molecule has 0 radical (unpaired) electrons. The van der Waals surface area contributed by atoms with Gasteiger partial charge in [0.1, 0.15) is 0 Å². The van der Waals surface area contributed by atoms with Crippen LogP contribution in [-0.4, -0.2) is 11.9 Å². The van der Waals surface area contributed by atoms with E-state index in [4.69, 9.17) is 0 Å². The lowest BCUT2D eigenvalue weighted by Gasteiger charge is -2.15. The smallest absolute Gasteiger partial charge is 0.223 e. The first-order valence-corrected chi connectivity index (χ1v) is 4.73. The van der Waals surface area contributed by atoms with Crippen molar-refractivity contribution in [3.05, 3.63) is 0 Å². The van der Waals surface area contributed by atoms with Crippen LogP contribution in [0.5, 0.6) is 0 Å². The second kappa shape index (κ2) is 5.18. The van der Waals surface area contributed by atoms with Crippen molar-refractivity contribution >= 4 is 5.91 Å². The number of rotatable bonds is 4. The molecule has 0 fully saturated rings. The molecule has 0 bridgehead atoms. The van der Waals surface area contributed by atoms with Crippen molar-refractivity contribution in [1.82, 2.24) is 5.32 Å². The van der Waals surface area contributed by atoms with Crippen LogP contribution < -0.4 is 5.32 Å². The summed E-state index contributed by atoms with van der Waals surface area (Å²) in [4.78, 5) is 11.4. The summed E-state index contributed by atoms with van der Waals surface area (Å²) in [6.07, 6.45) is 0.971. The highest BCUT2D eigenvalue weighted by Gasteiger charge is 2.14. The van der Waals surface area contributed by atoms with E-state index in [2.05, 4.69) is 19.2 Å². The lowest BCUT2D eigenvalue weighted by Crippen LogP contribution is -2.34. The van der Waals surface area contributed by atoms with Crippen LogP contribution in [0.4, 0.5) is 0 Å². The molecule has 0 rings (SSSR count). The fraction of sp³-hybridized carbons (Fsp3) is 0.900. The highest BCUT2D eigenvalue weighted by molar-refractivity contribution is 5.78. The second-order valence-corrected chi connectivity index (χ2v) is 4.19. The normalized spacial score (nSPS) is 13.6. The molecule has 0 aliphatic carbocycles. The Morgan fingerprint density at radius 2 is 1.67 bits per heavy atom. The summed E-state index contributed by atoms with van der Waals surface area (Å²) in [5.41, 5.74) is 0. The first-order chi connectivity index (χ1) is 5.43. The first kappa shape index (κ1) is 11.5. The van der Waals surface area contributed by atoms with Crippen molar-refractivity contribution in [2.75, 3.05) is 0 Å². The number of hydrogen-bond donors (Lipinski definition) is 1. The Kier molecular flexibility index (Phi) is 4.95. The SMILES string of the molecule is CC(C)C[C@H](C)C(=O)NC(C)C. The van der Waals surface area contributed by atoms with Crippen molar-refractivity contribution in [2.45, 2.75) is 47.1 Å². The van der Waals surface area contributed by atoms with Gasteiger partial charge in [0.05, 0.1) is 0 Å². The minimum Gasteiger partial charge on any atom is -0.354 e. The van der Waals surface area contributed by atoms with Crippen LogP contribution in [0.1, 0.15) is 41.0 Å². The molecule has 1 amide bonds. The summed E-state index contributed by atoms with van der Waals surface area (Å²) in [6, 6.07) is 0.257. The fourth-order valence-electron chi connectivity index (χ4n) is 1.24. The van der Waals surface area contributed by atoms with E-state index < -0.39 is 0 Å². The van der Waals surface area contributed by atoms with Crippen molar-refractivity contribution in [3.63, 3.8) is 0 Å². The highest BCUT2D eigenvalue weighted by Crippen LogP contribution is 2.10. The topological polar surface area (TPSA) is 29.1 Å². The van der Waals surface area contributed by atoms with Gasteiger partial charge < -0.3 is 5.32 Å². The molecule has 2 nitrogen and oxygen atoms in total. The molecule has 0 aromatic carbocycles. The molecule has 0 saturated heterocycles. The maximum Gasteiger partial charge on any atom is 0.223 e. The van der Waals surface area contributed by atoms with E-state index in [-0.39, 0.29) is 17.9 Å². The molecular weight excluding hydrogens is 150 g/mol. The maximum absolute atomic E-state index is 11.4. The molecule has 0 aromatic heterocycles. The zero-order valence-corrected chi connectivity index (χ0v) is 8.85. The third-order valence-electron chi connectivity index (χ3n) is 1.70. The summed E-state index contributed by atoms with van der Waals surface area (Å²) in [6.45, 7) is 10.2. The molecular formula is C10H21NO. The van der Waals surface area contributed by atoms with E-state index >= 15 is 0 Å². The molecule has 0 aliphatic rings. The second-order valence-electron chi connectivity index (χ2n) is 4.19. The first-order valence-electron chi connectivity index (χ1n) is 4.73. The minimum absolute atomic E-state index is 0.146. The van der Waals surface area contributed by atoms with Crippen LogP contribution in [0.25, 0.3) is 0 Å². The van der Waals surface area contributed by atoms with E-state index in [1.165, 1.54) is 0 Å². The highest BCUT2D eigenvalue weighted by atomic mass is 16.1. The van der Waals surface area contributed by atoms with Gasteiger partial charge in [-0.3, -0.25) is 4.79 Å². The minimum atomic E-state index is 0.146. The number of carbonyl (C=O) groups excluding carboxylic acids is 1. The van der Waals surface area contributed by atoms with Gasteiger partial charge in [0.2, 0.25) is 5.91 Å². The third-order valence-corrected chi connectivity index (χ3v) is 1.70. The molecule has 1 atom stereocenters. The molecule has 0 aromatic rings. The average Bonchev–Trinajstić information content (AvgIpc) is 1.84. The summed E-state index contributed by atoms with van der Waals surface area (Å²) >= 11 is 0. The van der Waals surface area contributed by atoms with Gasteiger partial charge in [-0.05, 0) is 26.2 Å². The number of amides is 1. The molecule has 0 spiro atoms. The summed E-state index contributed by atoms with van der Waals surface area (Å²) in [7, 11) is 0. The molecule has 0 aliphatic heterocycles. The number of nitrogens with one attached hydrogen (secondary N) is 1. The quantitative estimate of drug-likeness (QED) is 0.690. The molecule has 1 N–H and O–H groups in total. The molecule has 0 saturated carbocycles. The van der Waals surface area contributed by atoms with Crippen LogP contribution in [0, 0.1) is 11.8 Å². The van der Waals surface area contributed by atoms with Gasteiger partial charge in [-0.15, -0.1) is 0 Å². The Labute approximate surface area is 75.7 Å². The number of hydrogen-bond acceptors (Lipinski definition) is 1. The Hall–Kier alpha value is -0.530. The largest absolute Gasteiger partial charge is 0.354 e. The summed E-state index contributed by atoms with van der Waals surface area (Å²) in [5.74, 6) is 0.920. The van der Waals surface area contributed by atoms with Gasteiger partial charge in [0.15, 0.2) is 0 Å². The lowest BCUT2D eigenvalue weighted by atomic mass is 9.98.